The zero-order valence-corrected chi connectivity index (χ0v) is 12.9. The van der Waals surface area contributed by atoms with Crippen LogP contribution in [0.1, 0.15) is 66.2 Å². The molecule has 2 unspecified atom stereocenters. The van der Waals surface area contributed by atoms with Gasteiger partial charge in [0.15, 0.2) is 5.79 Å². The van der Waals surface area contributed by atoms with Gasteiger partial charge < -0.3 is 14.6 Å². The quantitative estimate of drug-likeness (QED) is 0.769. The van der Waals surface area contributed by atoms with Gasteiger partial charge in [-0.25, -0.2) is 0 Å². The van der Waals surface area contributed by atoms with Crippen molar-refractivity contribution in [2.75, 3.05) is 0 Å². The van der Waals surface area contributed by atoms with E-state index < -0.39 is 5.79 Å². The van der Waals surface area contributed by atoms with Crippen LogP contribution in [0.2, 0.25) is 0 Å². The van der Waals surface area contributed by atoms with Gasteiger partial charge >= 0.3 is 0 Å². The van der Waals surface area contributed by atoms with Gasteiger partial charge in [-0.05, 0) is 44.9 Å². The van der Waals surface area contributed by atoms with Crippen LogP contribution in [0.15, 0.2) is 0 Å². The summed E-state index contributed by atoms with van der Waals surface area (Å²) in [5, 5.41) is 9.86. The summed E-state index contributed by atoms with van der Waals surface area (Å²) in [6, 6.07) is 0. The number of aliphatic hydroxyl groups excluding tert-OH is 1. The lowest BCUT2D eigenvalue weighted by Gasteiger charge is -2.19. The summed E-state index contributed by atoms with van der Waals surface area (Å²) in [7, 11) is 0. The first-order chi connectivity index (χ1) is 8.95. The Bertz CT molecular complexity index is 290. The molecular formula is C16H30O3. The maximum absolute atomic E-state index is 9.86. The van der Waals surface area contributed by atoms with Gasteiger partial charge in [-0.3, -0.25) is 0 Å². The van der Waals surface area contributed by atoms with Crippen molar-refractivity contribution in [1.29, 1.82) is 0 Å². The average Bonchev–Trinajstić information content (AvgIpc) is 2.98. The van der Waals surface area contributed by atoms with Crippen molar-refractivity contribution in [3.05, 3.63) is 0 Å². The van der Waals surface area contributed by atoms with Crippen LogP contribution in [0.4, 0.5) is 0 Å². The first kappa shape index (κ1) is 15.3. The van der Waals surface area contributed by atoms with Crippen molar-refractivity contribution in [1.82, 2.24) is 0 Å². The summed E-state index contributed by atoms with van der Waals surface area (Å²) < 4.78 is 12.0. The molecule has 5 atom stereocenters. The lowest BCUT2D eigenvalue weighted by atomic mass is 10.00. The Balaban J connectivity index is 1.86. The lowest BCUT2D eigenvalue weighted by molar-refractivity contribution is -0.149. The highest BCUT2D eigenvalue weighted by molar-refractivity contribution is 4.92. The molecule has 1 N–H and O–H groups in total. The molecule has 1 saturated carbocycles. The Morgan fingerprint density at radius 1 is 1.16 bits per heavy atom. The summed E-state index contributed by atoms with van der Waals surface area (Å²) in [5.74, 6) is 1.25. The normalized spacial score (nSPS) is 38.4. The molecule has 0 aromatic rings. The van der Waals surface area contributed by atoms with Gasteiger partial charge in [-0.2, -0.15) is 0 Å². The fourth-order valence-electron chi connectivity index (χ4n) is 3.36. The van der Waals surface area contributed by atoms with Gasteiger partial charge in [0.2, 0.25) is 0 Å². The van der Waals surface area contributed by atoms with Gasteiger partial charge in [0.1, 0.15) is 0 Å². The van der Waals surface area contributed by atoms with E-state index in [9.17, 15) is 5.11 Å². The Morgan fingerprint density at radius 2 is 1.84 bits per heavy atom. The van der Waals surface area contributed by atoms with E-state index in [2.05, 4.69) is 6.92 Å². The van der Waals surface area contributed by atoms with Crippen LogP contribution in [-0.4, -0.2) is 29.2 Å². The molecule has 0 spiro atoms. The van der Waals surface area contributed by atoms with Gasteiger partial charge in [-0.15, -0.1) is 0 Å². The molecule has 1 aliphatic carbocycles. The molecule has 2 rings (SSSR count). The lowest BCUT2D eigenvalue weighted by Crippen LogP contribution is -2.28. The van der Waals surface area contributed by atoms with Crippen LogP contribution in [0.25, 0.3) is 0 Å². The Kier molecular flexibility index (Phi) is 4.91. The molecule has 2 aliphatic rings. The van der Waals surface area contributed by atoms with Gasteiger partial charge in [-0.1, -0.05) is 26.7 Å². The molecule has 0 radical (unpaired) electrons. The predicted octanol–water partition coefficient (Wildman–Crippen LogP) is 3.49. The van der Waals surface area contributed by atoms with Crippen LogP contribution in [-0.2, 0) is 9.47 Å². The van der Waals surface area contributed by atoms with E-state index in [0.29, 0.717) is 6.42 Å². The molecule has 1 aliphatic heterocycles. The third-order valence-corrected chi connectivity index (χ3v) is 4.52. The molecule has 19 heavy (non-hydrogen) atoms. The van der Waals surface area contributed by atoms with E-state index in [0.717, 1.165) is 24.7 Å². The van der Waals surface area contributed by atoms with Crippen molar-refractivity contribution >= 4 is 0 Å². The molecule has 1 heterocycles. The Morgan fingerprint density at radius 3 is 2.47 bits per heavy atom. The van der Waals surface area contributed by atoms with Gasteiger partial charge in [0.05, 0.1) is 18.3 Å². The molecule has 1 saturated heterocycles. The zero-order valence-electron chi connectivity index (χ0n) is 12.9. The van der Waals surface area contributed by atoms with Crippen molar-refractivity contribution < 1.29 is 14.6 Å². The van der Waals surface area contributed by atoms with Crippen molar-refractivity contribution in [2.45, 2.75) is 90.3 Å². The van der Waals surface area contributed by atoms with E-state index in [4.69, 9.17) is 9.47 Å². The molecule has 2 fully saturated rings. The second kappa shape index (κ2) is 6.11. The molecule has 0 amide bonds. The SMILES string of the molecule is CCCC1CC1C[C@H]1OC(C)(C)O[C@@H]1C[C@@H](O)CC. The minimum Gasteiger partial charge on any atom is -0.393 e. The number of hydrogen-bond acceptors (Lipinski definition) is 3. The molecule has 3 nitrogen and oxygen atoms in total. The van der Waals surface area contributed by atoms with Gasteiger partial charge in [0.25, 0.3) is 0 Å². The molecular weight excluding hydrogens is 240 g/mol. The molecule has 3 heteroatoms. The summed E-state index contributed by atoms with van der Waals surface area (Å²) in [6.07, 6.45) is 6.56. The topological polar surface area (TPSA) is 38.7 Å². The van der Waals surface area contributed by atoms with Crippen LogP contribution in [0.3, 0.4) is 0 Å². The van der Waals surface area contributed by atoms with E-state index in [1.54, 1.807) is 0 Å². The highest BCUT2D eigenvalue weighted by atomic mass is 16.7. The van der Waals surface area contributed by atoms with E-state index in [1.807, 2.05) is 20.8 Å². The largest absolute Gasteiger partial charge is 0.393 e. The monoisotopic (exact) mass is 270 g/mol. The summed E-state index contributed by atoms with van der Waals surface area (Å²) in [6.45, 7) is 8.23. The fraction of sp³-hybridized carbons (Fsp3) is 1.00. The zero-order chi connectivity index (χ0) is 14.0. The van der Waals surface area contributed by atoms with E-state index in [-0.39, 0.29) is 18.3 Å². The van der Waals surface area contributed by atoms with Gasteiger partial charge in [0, 0.05) is 6.42 Å². The summed E-state index contributed by atoms with van der Waals surface area (Å²) >= 11 is 0. The first-order valence-corrected chi connectivity index (χ1v) is 7.98. The van der Waals surface area contributed by atoms with Crippen molar-refractivity contribution in [3.63, 3.8) is 0 Å². The molecule has 0 bridgehead atoms. The third kappa shape index (κ3) is 4.17. The minimum atomic E-state index is -0.488. The first-order valence-electron chi connectivity index (χ1n) is 7.98. The maximum Gasteiger partial charge on any atom is 0.163 e. The highest BCUT2D eigenvalue weighted by Gasteiger charge is 2.46. The number of aliphatic hydroxyl groups is 1. The van der Waals surface area contributed by atoms with Crippen LogP contribution >= 0.6 is 0 Å². The second-order valence-electron chi connectivity index (χ2n) is 6.79. The summed E-state index contributed by atoms with van der Waals surface area (Å²) in [4.78, 5) is 0. The van der Waals surface area contributed by atoms with Crippen molar-refractivity contribution in [3.8, 4) is 0 Å². The molecule has 0 aromatic carbocycles. The van der Waals surface area contributed by atoms with Crippen LogP contribution in [0, 0.1) is 11.8 Å². The van der Waals surface area contributed by atoms with Crippen LogP contribution < -0.4 is 0 Å². The number of rotatable bonds is 7. The van der Waals surface area contributed by atoms with Crippen molar-refractivity contribution in [2.24, 2.45) is 11.8 Å². The van der Waals surface area contributed by atoms with E-state index in [1.165, 1.54) is 19.3 Å². The van der Waals surface area contributed by atoms with E-state index >= 15 is 0 Å². The standard InChI is InChI=1S/C16H30O3/c1-5-7-11-8-12(11)9-14-15(10-13(17)6-2)19-16(3,4)18-14/h11-15,17H,5-10H2,1-4H3/t11?,12?,13-,14+,15+/m0/s1. The van der Waals surface area contributed by atoms with Crippen LogP contribution in [0.5, 0.6) is 0 Å². The summed E-state index contributed by atoms with van der Waals surface area (Å²) in [5.41, 5.74) is 0. The maximum atomic E-state index is 9.86. The molecule has 0 aromatic heterocycles. The third-order valence-electron chi connectivity index (χ3n) is 4.52. The molecule has 112 valence electrons. The smallest absolute Gasteiger partial charge is 0.163 e. The number of hydrogen-bond donors (Lipinski definition) is 1. The average molecular weight is 270 g/mol. The fourth-order valence-corrected chi connectivity index (χ4v) is 3.36. The Labute approximate surface area is 117 Å². The highest BCUT2D eigenvalue weighted by Crippen LogP contribution is 2.47. The Hall–Kier alpha value is -0.120. The number of ether oxygens (including phenoxy) is 2. The minimum absolute atomic E-state index is 0.0628. The second-order valence-corrected chi connectivity index (χ2v) is 6.79. The predicted molar refractivity (Wildman–Crippen MR) is 75.9 cm³/mol.